The number of aromatic nitrogens is 1. The van der Waals surface area contributed by atoms with Gasteiger partial charge in [0.2, 0.25) is 0 Å². The van der Waals surface area contributed by atoms with E-state index in [4.69, 9.17) is 4.74 Å². The lowest BCUT2D eigenvalue weighted by Crippen LogP contribution is -2.45. The molecule has 1 N–H and O–H groups in total. The zero-order chi connectivity index (χ0) is 19.1. The summed E-state index contributed by atoms with van der Waals surface area (Å²) in [4.78, 5) is 24.7. The summed E-state index contributed by atoms with van der Waals surface area (Å²) in [6.45, 7) is 4.13. The molecule has 1 aromatic carbocycles. The second-order valence-corrected chi connectivity index (χ2v) is 6.72. The lowest BCUT2D eigenvalue weighted by molar-refractivity contribution is -0.144. The lowest BCUT2D eigenvalue weighted by atomic mass is 10.0. The zero-order valence-electron chi connectivity index (χ0n) is 15.6. The highest BCUT2D eigenvalue weighted by molar-refractivity contribution is 6.08. The topological polar surface area (TPSA) is 60.3 Å². The van der Waals surface area contributed by atoms with E-state index in [-0.39, 0.29) is 18.5 Å². The number of carbonyl (C=O) groups excluding carboxylic acids is 2. The molecule has 0 fully saturated rings. The Bertz CT molecular complexity index is 755. The van der Waals surface area contributed by atoms with Crippen molar-refractivity contribution in [3.8, 4) is 0 Å². The van der Waals surface area contributed by atoms with Gasteiger partial charge in [0, 0.05) is 23.6 Å². The van der Waals surface area contributed by atoms with Crippen molar-refractivity contribution in [3.63, 3.8) is 0 Å². The average molecular weight is 362 g/mol. The number of fused-ring (bicyclic) bond motifs is 1. The summed E-state index contributed by atoms with van der Waals surface area (Å²) in [5.74, 6) is -0.837. The molecule has 1 aromatic heterocycles. The highest BCUT2D eigenvalue weighted by atomic mass is 19.1. The number of methoxy groups -OCH3 is 1. The standard InChI is InChI=1S/C20H27FN2O3/c1-14(2)18(20(25)26-3)22-19(24)16-13-23(12-8-4-7-11-21)17-10-6-5-9-15(16)17/h5-6,9-10,13-14,18H,4,7-8,11-12H2,1-3H3,(H,22,24). The highest BCUT2D eigenvalue weighted by Crippen LogP contribution is 2.22. The Morgan fingerprint density at radius 1 is 1.19 bits per heavy atom. The summed E-state index contributed by atoms with van der Waals surface area (Å²) >= 11 is 0. The van der Waals surface area contributed by atoms with Gasteiger partial charge < -0.3 is 14.6 Å². The van der Waals surface area contributed by atoms with Crippen LogP contribution in [0.2, 0.25) is 0 Å². The van der Waals surface area contributed by atoms with Crippen LogP contribution in [0.1, 0.15) is 43.5 Å². The van der Waals surface area contributed by atoms with Gasteiger partial charge in [-0.15, -0.1) is 0 Å². The number of nitrogens with zero attached hydrogens (tertiary/aromatic N) is 1. The van der Waals surface area contributed by atoms with E-state index in [9.17, 15) is 14.0 Å². The number of rotatable bonds is 9. The van der Waals surface area contributed by atoms with Crippen LogP contribution in [0.4, 0.5) is 4.39 Å². The summed E-state index contributed by atoms with van der Waals surface area (Å²) in [5, 5.41) is 3.62. The van der Waals surface area contributed by atoms with Crippen LogP contribution in [0.25, 0.3) is 10.9 Å². The lowest BCUT2D eigenvalue weighted by Gasteiger charge is -2.19. The summed E-state index contributed by atoms with van der Waals surface area (Å²) in [7, 11) is 1.31. The molecule has 1 amide bonds. The largest absolute Gasteiger partial charge is 0.467 e. The first-order valence-electron chi connectivity index (χ1n) is 9.02. The summed E-state index contributed by atoms with van der Waals surface area (Å²) in [6, 6.07) is 6.96. The quantitative estimate of drug-likeness (QED) is 0.546. The summed E-state index contributed by atoms with van der Waals surface area (Å²) < 4.78 is 19.1. The van der Waals surface area contributed by atoms with E-state index in [0.717, 1.165) is 30.3 Å². The molecule has 0 aliphatic carbocycles. The van der Waals surface area contributed by atoms with Crippen molar-refractivity contribution in [2.45, 2.75) is 45.7 Å². The third-order valence-corrected chi connectivity index (χ3v) is 4.47. The number of hydrogen-bond donors (Lipinski definition) is 1. The molecule has 2 aromatic rings. The normalized spacial score (nSPS) is 12.3. The van der Waals surface area contributed by atoms with Gasteiger partial charge in [-0.05, 0) is 31.2 Å². The van der Waals surface area contributed by atoms with Crippen molar-refractivity contribution in [1.29, 1.82) is 0 Å². The van der Waals surface area contributed by atoms with Crippen LogP contribution in [0.3, 0.4) is 0 Å². The van der Waals surface area contributed by atoms with Crippen LogP contribution < -0.4 is 5.32 Å². The molecule has 0 radical (unpaired) electrons. The van der Waals surface area contributed by atoms with E-state index in [1.807, 2.05) is 48.9 Å². The van der Waals surface area contributed by atoms with Crippen LogP contribution in [0.5, 0.6) is 0 Å². The number of esters is 1. The molecule has 1 heterocycles. The number of hydrogen-bond acceptors (Lipinski definition) is 3. The van der Waals surface area contributed by atoms with Crippen molar-refractivity contribution >= 4 is 22.8 Å². The Morgan fingerprint density at radius 2 is 1.92 bits per heavy atom. The average Bonchev–Trinajstić information content (AvgIpc) is 3.01. The minimum Gasteiger partial charge on any atom is -0.467 e. The van der Waals surface area contributed by atoms with Crippen LogP contribution in [-0.4, -0.2) is 36.3 Å². The van der Waals surface area contributed by atoms with Crippen LogP contribution in [0.15, 0.2) is 30.5 Å². The number of halogens is 1. The van der Waals surface area contributed by atoms with Gasteiger partial charge in [-0.3, -0.25) is 9.18 Å². The number of carbonyl (C=O) groups is 2. The van der Waals surface area contributed by atoms with Crippen LogP contribution in [0, 0.1) is 5.92 Å². The predicted molar refractivity (Wildman–Crippen MR) is 99.9 cm³/mol. The van der Waals surface area contributed by atoms with E-state index in [2.05, 4.69) is 5.32 Å². The molecule has 5 nitrogen and oxygen atoms in total. The molecular formula is C20H27FN2O3. The van der Waals surface area contributed by atoms with Gasteiger partial charge in [0.25, 0.3) is 5.91 Å². The third-order valence-electron chi connectivity index (χ3n) is 4.47. The second kappa shape index (κ2) is 9.36. The van der Waals surface area contributed by atoms with Crippen LogP contribution in [-0.2, 0) is 16.1 Å². The Hall–Kier alpha value is -2.37. The fourth-order valence-corrected chi connectivity index (χ4v) is 3.01. The first-order chi connectivity index (χ1) is 12.5. The van der Waals surface area contributed by atoms with E-state index < -0.39 is 12.0 Å². The first kappa shape index (κ1) is 19.9. The van der Waals surface area contributed by atoms with Crippen molar-refractivity contribution in [1.82, 2.24) is 9.88 Å². The van der Waals surface area contributed by atoms with Crippen molar-refractivity contribution in [3.05, 3.63) is 36.0 Å². The number of nitrogens with one attached hydrogen (secondary N) is 1. The second-order valence-electron chi connectivity index (χ2n) is 6.72. The fraction of sp³-hybridized carbons (Fsp3) is 0.500. The maximum atomic E-state index is 12.8. The van der Waals surface area contributed by atoms with Gasteiger partial charge in [-0.2, -0.15) is 0 Å². The molecule has 0 bridgehead atoms. The number of aryl methyl sites for hydroxylation is 1. The molecule has 0 saturated heterocycles. The zero-order valence-corrected chi connectivity index (χ0v) is 15.6. The molecule has 0 aliphatic heterocycles. The number of alkyl halides is 1. The van der Waals surface area contributed by atoms with Crippen molar-refractivity contribution in [2.75, 3.05) is 13.8 Å². The molecule has 142 valence electrons. The molecule has 1 atom stereocenters. The molecule has 6 heteroatoms. The molecular weight excluding hydrogens is 335 g/mol. The van der Waals surface area contributed by atoms with E-state index >= 15 is 0 Å². The van der Waals surface area contributed by atoms with Gasteiger partial charge >= 0.3 is 5.97 Å². The summed E-state index contributed by atoms with van der Waals surface area (Å²) in [6.07, 6.45) is 4.02. The molecule has 0 aliphatic rings. The number of amides is 1. The maximum Gasteiger partial charge on any atom is 0.328 e. The number of benzene rings is 1. The van der Waals surface area contributed by atoms with Gasteiger partial charge in [-0.25, -0.2) is 4.79 Å². The smallest absolute Gasteiger partial charge is 0.328 e. The number of ether oxygens (including phenoxy) is 1. The van der Waals surface area contributed by atoms with Crippen molar-refractivity contribution in [2.24, 2.45) is 5.92 Å². The molecule has 2 rings (SSSR count). The van der Waals surface area contributed by atoms with E-state index in [0.29, 0.717) is 12.0 Å². The SMILES string of the molecule is COC(=O)C(NC(=O)c1cn(CCCCCF)c2ccccc12)C(C)C. The van der Waals surface area contributed by atoms with E-state index in [1.165, 1.54) is 7.11 Å². The number of unbranched alkanes of at least 4 members (excludes halogenated alkanes) is 2. The Morgan fingerprint density at radius 3 is 2.58 bits per heavy atom. The molecule has 1 unspecified atom stereocenters. The van der Waals surface area contributed by atoms with Gasteiger partial charge in [-0.1, -0.05) is 32.0 Å². The number of para-hydroxylation sites is 1. The molecule has 26 heavy (non-hydrogen) atoms. The Balaban J connectivity index is 2.25. The van der Waals surface area contributed by atoms with Crippen molar-refractivity contribution < 1.29 is 18.7 Å². The Kier molecular flexibility index (Phi) is 7.18. The molecule has 0 saturated carbocycles. The van der Waals surface area contributed by atoms with Gasteiger partial charge in [0.15, 0.2) is 0 Å². The minimum absolute atomic E-state index is 0.0829. The fourth-order valence-electron chi connectivity index (χ4n) is 3.01. The highest BCUT2D eigenvalue weighted by Gasteiger charge is 2.26. The maximum absolute atomic E-state index is 12.8. The van der Waals surface area contributed by atoms with Crippen LogP contribution >= 0.6 is 0 Å². The first-order valence-corrected chi connectivity index (χ1v) is 9.02. The summed E-state index contributed by atoms with van der Waals surface area (Å²) in [5.41, 5.74) is 1.48. The third kappa shape index (κ3) is 4.62. The predicted octanol–water partition coefficient (Wildman–Crippen LogP) is 3.71. The van der Waals surface area contributed by atoms with E-state index in [1.54, 1.807) is 0 Å². The van der Waals surface area contributed by atoms with Gasteiger partial charge in [0.05, 0.1) is 19.3 Å². The van der Waals surface area contributed by atoms with Gasteiger partial charge in [0.1, 0.15) is 6.04 Å². The minimum atomic E-state index is -0.695. The Labute approximate surface area is 153 Å². The molecule has 0 spiro atoms. The monoisotopic (exact) mass is 362 g/mol.